The van der Waals surface area contributed by atoms with Crippen LogP contribution in [0.4, 0.5) is 4.39 Å². The zero-order valence-corrected chi connectivity index (χ0v) is 12.6. The lowest BCUT2D eigenvalue weighted by Gasteiger charge is -2.19. The van der Waals surface area contributed by atoms with E-state index in [0.717, 1.165) is 36.7 Å². The molecule has 0 bridgehead atoms. The molecule has 1 aromatic carbocycles. The van der Waals surface area contributed by atoms with Crippen LogP contribution in [0.2, 0.25) is 0 Å². The number of nitrogens with zero attached hydrogens (tertiary/aromatic N) is 1. The van der Waals surface area contributed by atoms with Gasteiger partial charge >= 0.3 is 0 Å². The molecule has 2 N–H and O–H groups in total. The number of guanidine groups is 1. The average Bonchev–Trinajstić information content (AvgIpc) is 3.14. The maximum Gasteiger partial charge on any atom is 0.191 e. The van der Waals surface area contributed by atoms with Crippen molar-refractivity contribution in [3.05, 3.63) is 59.8 Å². The molecule has 22 heavy (non-hydrogen) atoms. The Balaban J connectivity index is 1.56. The molecule has 0 saturated heterocycles. The van der Waals surface area contributed by atoms with Crippen molar-refractivity contribution in [2.75, 3.05) is 13.6 Å². The molecule has 0 atom stereocenters. The summed E-state index contributed by atoms with van der Waals surface area (Å²) in [4.78, 5) is 4.21. The van der Waals surface area contributed by atoms with Crippen molar-refractivity contribution in [1.82, 2.24) is 10.6 Å². The van der Waals surface area contributed by atoms with E-state index in [1.165, 1.54) is 6.07 Å². The Hall–Kier alpha value is -2.30. The van der Waals surface area contributed by atoms with Crippen LogP contribution in [0.25, 0.3) is 0 Å². The highest BCUT2D eigenvalue weighted by Gasteiger charge is 2.44. The molecule has 5 heteroatoms. The maximum atomic E-state index is 13.4. The van der Waals surface area contributed by atoms with Gasteiger partial charge in [0.25, 0.3) is 0 Å². The second-order valence-corrected chi connectivity index (χ2v) is 5.65. The minimum atomic E-state index is -0.177. The second-order valence-electron chi connectivity index (χ2n) is 5.65. The van der Waals surface area contributed by atoms with E-state index < -0.39 is 0 Å². The van der Waals surface area contributed by atoms with E-state index in [-0.39, 0.29) is 11.2 Å². The predicted octanol–water partition coefficient (Wildman–Crippen LogP) is 2.82. The standard InChI is InChI=1S/C17H20FN3O/c1-19-16(20-11-15-6-3-9-22-15)21-12-17(7-8-17)13-4-2-5-14(18)10-13/h2-6,9-10H,7-8,11-12H2,1H3,(H2,19,20,21). The van der Waals surface area contributed by atoms with E-state index in [2.05, 4.69) is 15.6 Å². The maximum absolute atomic E-state index is 13.4. The fraction of sp³-hybridized carbons (Fsp3) is 0.353. The fourth-order valence-corrected chi connectivity index (χ4v) is 2.59. The summed E-state index contributed by atoms with van der Waals surface area (Å²) in [5.74, 6) is 1.40. The number of rotatable bonds is 5. The summed E-state index contributed by atoms with van der Waals surface area (Å²) in [5.41, 5.74) is 1.09. The molecule has 1 heterocycles. The molecule has 1 fully saturated rings. The molecule has 0 spiro atoms. The smallest absolute Gasteiger partial charge is 0.191 e. The van der Waals surface area contributed by atoms with Crippen molar-refractivity contribution in [2.24, 2.45) is 4.99 Å². The Morgan fingerprint density at radius 2 is 2.14 bits per heavy atom. The van der Waals surface area contributed by atoms with Gasteiger partial charge in [0.15, 0.2) is 5.96 Å². The van der Waals surface area contributed by atoms with Crippen molar-refractivity contribution < 1.29 is 8.81 Å². The molecule has 0 unspecified atom stereocenters. The van der Waals surface area contributed by atoms with Crippen LogP contribution in [0, 0.1) is 5.82 Å². The molecule has 1 aliphatic rings. The molecule has 1 aromatic heterocycles. The average molecular weight is 301 g/mol. The highest BCUT2D eigenvalue weighted by molar-refractivity contribution is 5.79. The molecule has 4 nitrogen and oxygen atoms in total. The Kier molecular flexibility index (Phi) is 4.13. The highest BCUT2D eigenvalue weighted by Crippen LogP contribution is 2.47. The van der Waals surface area contributed by atoms with Crippen molar-refractivity contribution in [3.8, 4) is 0 Å². The third kappa shape index (κ3) is 3.30. The molecule has 3 rings (SSSR count). The van der Waals surface area contributed by atoms with Crippen molar-refractivity contribution >= 4 is 5.96 Å². The molecule has 116 valence electrons. The van der Waals surface area contributed by atoms with Gasteiger partial charge in [-0.05, 0) is 42.7 Å². The van der Waals surface area contributed by atoms with Crippen molar-refractivity contribution in [3.63, 3.8) is 0 Å². The Morgan fingerprint density at radius 1 is 1.27 bits per heavy atom. The van der Waals surface area contributed by atoms with Gasteiger partial charge in [-0.25, -0.2) is 4.39 Å². The van der Waals surface area contributed by atoms with Gasteiger partial charge in [0.05, 0.1) is 12.8 Å². The first-order valence-electron chi connectivity index (χ1n) is 7.45. The highest BCUT2D eigenvalue weighted by atomic mass is 19.1. The summed E-state index contributed by atoms with van der Waals surface area (Å²) in [6.07, 6.45) is 3.79. The third-order valence-electron chi connectivity index (χ3n) is 4.12. The van der Waals surface area contributed by atoms with Gasteiger partial charge in [-0.1, -0.05) is 12.1 Å². The quantitative estimate of drug-likeness (QED) is 0.659. The van der Waals surface area contributed by atoms with E-state index in [0.29, 0.717) is 6.54 Å². The Labute approximate surface area is 129 Å². The molecular weight excluding hydrogens is 281 g/mol. The van der Waals surface area contributed by atoms with Gasteiger partial charge in [0.2, 0.25) is 0 Å². The van der Waals surface area contributed by atoms with E-state index >= 15 is 0 Å². The number of aliphatic imine (C=N–C) groups is 1. The monoisotopic (exact) mass is 301 g/mol. The first-order chi connectivity index (χ1) is 10.7. The predicted molar refractivity (Wildman–Crippen MR) is 84.2 cm³/mol. The first-order valence-corrected chi connectivity index (χ1v) is 7.45. The van der Waals surface area contributed by atoms with Crippen molar-refractivity contribution in [2.45, 2.75) is 24.8 Å². The lowest BCUT2D eigenvalue weighted by Crippen LogP contribution is -2.40. The van der Waals surface area contributed by atoms with Crippen LogP contribution in [0.5, 0.6) is 0 Å². The number of hydrogen-bond acceptors (Lipinski definition) is 2. The van der Waals surface area contributed by atoms with E-state index in [1.54, 1.807) is 25.4 Å². The number of hydrogen-bond donors (Lipinski definition) is 2. The van der Waals surface area contributed by atoms with Gasteiger partial charge < -0.3 is 15.1 Å². The molecule has 1 saturated carbocycles. The van der Waals surface area contributed by atoms with Gasteiger partial charge in [0, 0.05) is 19.0 Å². The summed E-state index contributed by atoms with van der Waals surface area (Å²) in [6, 6.07) is 10.7. The second kappa shape index (κ2) is 6.22. The lowest BCUT2D eigenvalue weighted by atomic mass is 9.96. The van der Waals surface area contributed by atoms with Gasteiger partial charge in [-0.15, -0.1) is 0 Å². The normalized spacial score (nSPS) is 16.4. The van der Waals surface area contributed by atoms with Crippen LogP contribution in [-0.2, 0) is 12.0 Å². The molecule has 0 amide bonds. The van der Waals surface area contributed by atoms with E-state index in [1.807, 2.05) is 18.2 Å². The molecule has 1 aliphatic carbocycles. The summed E-state index contributed by atoms with van der Waals surface area (Å²) < 4.78 is 18.7. The minimum Gasteiger partial charge on any atom is -0.467 e. The zero-order valence-electron chi connectivity index (χ0n) is 12.6. The molecular formula is C17H20FN3O. The van der Waals surface area contributed by atoms with Crippen LogP contribution in [-0.4, -0.2) is 19.6 Å². The SMILES string of the molecule is CN=C(NCc1ccco1)NCC1(c2cccc(F)c2)CC1. The van der Waals surface area contributed by atoms with Crippen LogP contribution in [0.15, 0.2) is 52.1 Å². The van der Waals surface area contributed by atoms with Crippen LogP contribution >= 0.6 is 0 Å². The van der Waals surface area contributed by atoms with Crippen LogP contribution < -0.4 is 10.6 Å². The van der Waals surface area contributed by atoms with Gasteiger partial charge in [-0.2, -0.15) is 0 Å². The van der Waals surface area contributed by atoms with Gasteiger partial charge in [0.1, 0.15) is 11.6 Å². The number of halogens is 1. The number of furan rings is 1. The largest absolute Gasteiger partial charge is 0.467 e. The summed E-state index contributed by atoms with van der Waals surface area (Å²) in [7, 11) is 1.74. The lowest BCUT2D eigenvalue weighted by molar-refractivity contribution is 0.500. The Morgan fingerprint density at radius 3 is 2.77 bits per heavy atom. The fourth-order valence-electron chi connectivity index (χ4n) is 2.59. The van der Waals surface area contributed by atoms with E-state index in [9.17, 15) is 4.39 Å². The summed E-state index contributed by atoms with van der Waals surface area (Å²) in [5, 5.41) is 6.53. The topological polar surface area (TPSA) is 49.6 Å². The number of benzene rings is 1. The third-order valence-corrected chi connectivity index (χ3v) is 4.12. The Bertz CT molecular complexity index is 648. The molecule has 0 aliphatic heterocycles. The molecule has 0 radical (unpaired) electrons. The van der Waals surface area contributed by atoms with E-state index in [4.69, 9.17) is 4.42 Å². The first kappa shape index (κ1) is 14.6. The zero-order chi connectivity index (χ0) is 15.4. The van der Waals surface area contributed by atoms with Crippen molar-refractivity contribution in [1.29, 1.82) is 0 Å². The minimum absolute atomic E-state index is 0.0321. The van der Waals surface area contributed by atoms with Crippen LogP contribution in [0.1, 0.15) is 24.2 Å². The van der Waals surface area contributed by atoms with Gasteiger partial charge in [-0.3, -0.25) is 4.99 Å². The van der Waals surface area contributed by atoms with Crippen LogP contribution in [0.3, 0.4) is 0 Å². The molecule has 2 aromatic rings. The summed E-state index contributed by atoms with van der Waals surface area (Å²) >= 11 is 0. The number of nitrogens with one attached hydrogen (secondary N) is 2. The summed E-state index contributed by atoms with van der Waals surface area (Å²) in [6.45, 7) is 1.33.